The van der Waals surface area contributed by atoms with Crippen LogP contribution in [0.25, 0.3) is 11.1 Å². The van der Waals surface area contributed by atoms with Crippen molar-refractivity contribution in [3.05, 3.63) is 78.4 Å². The van der Waals surface area contributed by atoms with Gasteiger partial charge in [-0.25, -0.2) is 4.79 Å². The summed E-state index contributed by atoms with van der Waals surface area (Å²) in [7, 11) is 3.23. The van der Waals surface area contributed by atoms with E-state index in [2.05, 4.69) is 4.90 Å². The Kier molecular flexibility index (Phi) is 8.81. The van der Waals surface area contributed by atoms with Gasteiger partial charge in [0.1, 0.15) is 17.5 Å². The van der Waals surface area contributed by atoms with Crippen molar-refractivity contribution in [2.24, 2.45) is 5.92 Å². The third-order valence-electron chi connectivity index (χ3n) is 6.86. The van der Waals surface area contributed by atoms with Gasteiger partial charge in [-0.3, -0.25) is 13.4 Å². The maximum absolute atomic E-state index is 12.3. The number of anilines is 1. The van der Waals surface area contributed by atoms with E-state index >= 15 is 0 Å². The molecule has 0 aromatic heterocycles. The highest BCUT2D eigenvalue weighted by molar-refractivity contribution is 7.80. The number of benzene rings is 3. The molecule has 1 fully saturated rings. The molecule has 1 heterocycles. The molecule has 1 N–H and O–H groups in total. The van der Waals surface area contributed by atoms with Gasteiger partial charge in [0.25, 0.3) is 0 Å². The summed E-state index contributed by atoms with van der Waals surface area (Å²) in [6.45, 7) is 2.13. The molecule has 3 aromatic carbocycles. The van der Waals surface area contributed by atoms with Crippen molar-refractivity contribution in [3.63, 3.8) is 0 Å². The van der Waals surface area contributed by atoms with Gasteiger partial charge in [0.05, 0.1) is 14.2 Å². The van der Waals surface area contributed by atoms with Crippen LogP contribution in [0.1, 0.15) is 18.4 Å². The molecule has 0 spiro atoms. The smallest absolute Gasteiger partial charge is 0.327 e. The Morgan fingerprint density at radius 2 is 1.43 bits per heavy atom. The Morgan fingerprint density at radius 1 is 0.946 bits per heavy atom. The largest absolute Gasteiger partial charge is 0.755 e. The van der Waals surface area contributed by atoms with Crippen LogP contribution < -0.4 is 13.8 Å². The lowest BCUT2D eigenvalue weighted by Crippen LogP contribution is -2.50. The predicted octanol–water partition coefficient (Wildman–Crippen LogP) is 4.34. The van der Waals surface area contributed by atoms with E-state index in [1.54, 1.807) is 38.5 Å². The number of carboxylic acids is 1. The molecule has 0 aliphatic carbocycles. The summed E-state index contributed by atoms with van der Waals surface area (Å²) < 4.78 is 36.0. The van der Waals surface area contributed by atoms with E-state index in [1.807, 2.05) is 48.5 Å². The molecular formula is C28H31N2O6S-. The molecular weight excluding hydrogens is 492 g/mol. The zero-order valence-electron chi connectivity index (χ0n) is 20.9. The summed E-state index contributed by atoms with van der Waals surface area (Å²) >= 11 is -2.75. The molecule has 37 heavy (non-hydrogen) atoms. The van der Waals surface area contributed by atoms with Crippen LogP contribution in [-0.4, -0.2) is 58.1 Å². The van der Waals surface area contributed by atoms with E-state index in [9.17, 15) is 18.7 Å². The second-order valence-corrected chi connectivity index (χ2v) is 9.89. The minimum atomic E-state index is -2.75. The molecule has 0 radical (unpaired) electrons. The number of hydrogen-bond donors (Lipinski definition) is 1. The first kappa shape index (κ1) is 26.7. The van der Waals surface area contributed by atoms with Gasteiger partial charge in [-0.2, -0.15) is 0 Å². The van der Waals surface area contributed by atoms with Crippen LogP contribution in [0.2, 0.25) is 0 Å². The maximum Gasteiger partial charge on any atom is 0.327 e. The topological polar surface area (TPSA) is 102 Å². The Bertz CT molecular complexity index is 1190. The fourth-order valence-electron chi connectivity index (χ4n) is 4.83. The van der Waals surface area contributed by atoms with Gasteiger partial charge in [-0.15, -0.1) is 0 Å². The summed E-state index contributed by atoms with van der Waals surface area (Å²) in [5.41, 5.74) is 3.31. The van der Waals surface area contributed by atoms with E-state index in [0.717, 1.165) is 39.0 Å². The van der Waals surface area contributed by atoms with Crippen LogP contribution >= 0.6 is 0 Å². The summed E-state index contributed by atoms with van der Waals surface area (Å²) in [6.07, 6.45) is 1.18. The van der Waals surface area contributed by atoms with Crippen molar-refractivity contribution in [3.8, 4) is 22.6 Å². The van der Waals surface area contributed by atoms with Gasteiger partial charge in [-0.05, 0) is 84.9 Å². The van der Waals surface area contributed by atoms with E-state index in [1.165, 1.54) is 0 Å². The number of piperidine rings is 1. The van der Waals surface area contributed by atoms with Gasteiger partial charge in [0.2, 0.25) is 0 Å². The Hall–Kier alpha value is -3.40. The van der Waals surface area contributed by atoms with Crippen LogP contribution in [0.4, 0.5) is 5.69 Å². The minimum Gasteiger partial charge on any atom is -0.755 e. The fourth-order valence-corrected chi connectivity index (χ4v) is 5.57. The first-order chi connectivity index (χ1) is 17.9. The van der Waals surface area contributed by atoms with E-state index in [0.29, 0.717) is 31.6 Å². The molecule has 1 saturated heterocycles. The summed E-state index contributed by atoms with van der Waals surface area (Å²) in [5, 5.41) is 10.1. The maximum atomic E-state index is 12.3. The van der Waals surface area contributed by atoms with Crippen molar-refractivity contribution in [1.29, 1.82) is 0 Å². The third-order valence-corrected chi connectivity index (χ3v) is 7.61. The van der Waals surface area contributed by atoms with Gasteiger partial charge in [0.15, 0.2) is 0 Å². The monoisotopic (exact) mass is 523 g/mol. The van der Waals surface area contributed by atoms with Crippen LogP contribution in [0, 0.1) is 5.92 Å². The average Bonchev–Trinajstić information content (AvgIpc) is 2.92. The van der Waals surface area contributed by atoms with Gasteiger partial charge < -0.3 is 19.1 Å². The van der Waals surface area contributed by atoms with E-state index < -0.39 is 23.3 Å². The number of methoxy groups -OCH3 is 2. The number of nitrogens with zero attached hydrogens (tertiary/aromatic N) is 2. The highest BCUT2D eigenvalue weighted by Crippen LogP contribution is 2.32. The molecule has 0 saturated carbocycles. The summed E-state index contributed by atoms with van der Waals surface area (Å²) in [6, 6.07) is 21.1. The second kappa shape index (κ2) is 12.2. The SMILES string of the molecule is COc1ccc(CN2CCC(C(C(=O)O)N(c3ccc(-c4ccc(OC)cc4)cc3)S(=O)[O-])CC2)cc1. The zero-order chi connectivity index (χ0) is 26.4. The molecule has 0 amide bonds. The van der Waals surface area contributed by atoms with Gasteiger partial charge >= 0.3 is 5.97 Å². The normalized spacial score (nSPS) is 16.1. The predicted molar refractivity (Wildman–Crippen MR) is 142 cm³/mol. The molecule has 9 heteroatoms. The Morgan fingerprint density at radius 3 is 1.89 bits per heavy atom. The lowest BCUT2D eigenvalue weighted by Gasteiger charge is -2.40. The van der Waals surface area contributed by atoms with Gasteiger partial charge in [0, 0.05) is 23.5 Å². The number of hydrogen-bond acceptors (Lipinski definition) is 6. The van der Waals surface area contributed by atoms with Crippen LogP contribution in [0.15, 0.2) is 72.8 Å². The Labute approximate surface area is 219 Å². The molecule has 196 valence electrons. The van der Waals surface area contributed by atoms with Crippen molar-refractivity contribution in [2.75, 3.05) is 31.6 Å². The summed E-state index contributed by atoms with van der Waals surface area (Å²) in [4.78, 5) is 14.6. The van der Waals surface area contributed by atoms with Crippen LogP contribution in [0.5, 0.6) is 11.5 Å². The number of ether oxygens (including phenoxy) is 2. The summed E-state index contributed by atoms with van der Waals surface area (Å²) in [5.74, 6) is 0.1000. The highest BCUT2D eigenvalue weighted by Gasteiger charge is 2.37. The standard InChI is InChI=1S/C28H32N2O6S/c1-35-25-11-3-20(4-12-25)19-29-17-15-23(16-18-29)27(28(31)32)30(37(33)34)24-9-5-21(6-10-24)22-7-13-26(36-2)14-8-22/h3-14,23,27H,15-19H2,1-2H3,(H,31,32)(H,33,34)/p-1. The first-order valence-corrected chi connectivity index (χ1v) is 13.1. The number of carboxylic acid groups (broad SMARTS) is 1. The van der Waals surface area contributed by atoms with Gasteiger partial charge in [-0.1, -0.05) is 36.4 Å². The molecule has 8 nitrogen and oxygen atoms in total. The lowest BCUT2D eigenvalue weighted by atomic mass is 9.88. The van der Waals surface area contributed by atoms with E-state index in [-0.39, 0.29) is 5.92 Å². The molecule has 1 aliphatic rings. The average molecular weight is 524 g/mol. The lowest BCUT2D eigenvalue weighted by molar-refractivity contribution is -0.140. The quantitative estimate of drug-likeness (QED) is 0.395. The van der Waals surface area contributed by atoms with Crippen molar-refractivity contribution >= 4 is 22.9 Å². The molecule has 2 unspecified atom stereocenters. The van der Waals surface area contributed by atoms with Crippen molar-refractivity contribution in [1.82, 2.24) is 4.90 Å². The molecule has 0 bridgehead atoms. The first-order valence-electron chi connectivity index (χ1n) is 12.1. The zero-order valence-corrected chi connectivity index (χ0v) is 21.7. The number of rotatable bonds is 10. The van der Waals surface area contributed by atoms with Crippen LogP contribution in [-0.2, 0) is 22.6 Å². The third kappa shape index (κ3) is 6.49. The number of likely N-dealkylation sites (tertiary alicyclic amines) is 1. The second-order valence-electron chi connectivity index (χ2n) is 9.06. The Balaban J connectivity index is 1.46. The number of aliphatic carboxylic acids is 1. The molecule has 2 atom stereocenters. The van der Waals surface area contributed by atoms with Crippen molar-refractivity contribution < 1.29 is 28.1 Å². The minimum absolute atomic E-state index is 0.302. The van der Waals surface area contributed by atoms with E-state index in [4.69, 9.17) is 9.47 Å². The molecule has 3 aromatic rings. The molecule has 4 rings (SSSR count). The highest BCUT2D eigenvalue weighted by atomic mass is 32.2. The fraction of sp³-hybridized carbons (Fsp3) is 0.321. The number of carbonyl (C=O) groups is 1. The van der Waals surface area contributed by atoms with Crippen LogP contribution in [0.3, 0.4) is 0 Å². The molecule has 1 aliphatic heterocycles. The van der Waals surface area contributed by atoms with Crippen molar-refractivity contribution in [2.45, 2.75) is 25.4 Å².